The molecule has 1 fully saturated rings. The Hall–Kier alpha value is -0.830. The molecule has 1 aromatic heterocycles. The Bertz CT molecular complexity index is 302. The summed E-state index contributed by atoms with van der Waals surface area (Å²) in [5, 5.41) is 0. The lowest BCUT2D eigenvalue weighted by Gasteiger charge is -2.29. The second kappa shape index (κ2) is 4.79. The highest BCUT2D eigenvalue weighted by Gasteiger charge is 2.24. The fourth-order valence-corrected chi connectivity index (χ4v) is 2.34. The molecule has 2 N–H and O–H groups in total. The van der Waals surface area contributed by atoms with E-state index in [1.807, 2.05) is 12.5 Å². The summed E-state index contributed by atoms with van der Waals surface area (Å²) >= 11 is 0. The van der Waals surface area contributed by atoms with Crippen LogP contribution >= 0.6 is 0 Å². The van der Waals surface area contributed by atoms with Crippen LogP contribution in [0.5, 0.6) is 0 Å². The molecule has 0 spiro atoms. The lowest BCUT2D eigenvalue weighted by molar-refractivity contribution is 0.371. The van der Waals surface area contributed by atoms with E-state index < -0.39 is 0 Å². The van der Waals surface area contributed by atoms with E-state index in [-0.39, 0.29) is 0 Å². The predicted octanol–water partition coefficient (Wildman–Crippen LogP) is 2.45. The van der Waals surface area contributed by atoms with Gasteiger partial charge < -0.3 is 10.3 Å². The number of nitrogens with two attached hydrogens (primary N) is 1. The fourth-order valence-electron chi connectivity index (χ4n) is 2.34. The zero-order valence-corrected chi connectivity index (χ0v) is 9.52. The second-order valence-corrected chi connectivity index (χ2v) is 4.53. The average molecular weight is 207 g/mol. The minimum absolute atomic E-state index is 0.452. The lowest BCUT2D eigenvalue weighted by Crippen LogP contribution is -2.23. The molecule has 0 aromatic carbocycles. The van der Waals surface area contributed by atoms with Gasteiger partial charge in [-0.15, -0.1) is 0 Å². The van der Waals surface area contributed by atoms with E-state index in [0.29, 0.717) is 6.04 Å². The number of hydrogen-bond acceptors (Lipinski definition) is 2. The summed E-state index contributed by atoms with van der Waals surface area (Å²) in [5.41, 5.74) is 7.24. The van der Waals surface area contributed by atoms with Crippen LogP contribution in [0.4, 0.5) is 0 Å². The van der Waals surface area contributed by atoms with Crippen molar-refractivity contribution in [2.75, 3.05) is 6.54 Å². The van der Waals surface area contributed by atoms with Crippen molar-refractivity contribution in [3.05, 3.63) is 18.2 Å². The van der Waals surface area contributed by atoms with Crippen molar-refractivity contribution in [2.24, 2.45) is 5.73 Å². The standard InChI is InChI=1S/C12H21N3/c1-2-4-11(7-13)15-9-14-8-12(15)10-5-3-6-10/h8-11H,2-7,13H2,1H3. The smallest absolute Gasteiger partial charge is 0.0951 e. The first kappa shape index (κ1) is 10.7. The minimum Gasteiger partial charge on any atom is -0.330 e. The summed E-state index contributed by atoms with van der Waals surface area (Å²) in [5.74, 6) is 0.749. The normalized spacial score (nSPS) is 18.8. The monoisotopic (exact) mass is 207 g/mol. The number of rotatable bonds is 5. The van der Waals surface area contributed by atoms with Crippen LogP contribution in [0, 0.1) is 0 Å². The Balaban J connectivity index is 2.14. The lowest BCUT2D eigenvalue weighted by atomic mass is 9.83. The molecular formula is C12H21N3. The Morgan fingerprint density at radius 1 is 1.60 bits per heavy atom. The first-order valence-corrected chi connectivity index (χ1v) is 6.08. The van der Waals surface area contributed by atoms with E-state index in [1.54, 1.807) is 0 Å². The van der Waals surface area contributed by atoms with Crippen molar-refractivity contribution in [2.45, 2.75) is 51.0 Å². The fraction of sp³-hybridized carbons (Fsp3) is 0.750. The van der Waals surface area contributed by atoms with Gasteiger partial charge in [0, 0.05) is 30.4 Å². The molecule has 1 aliphatic rings. The van der Waals surface area contributed by atoms with Crippen molar-refractivity contribution in [3.8, 4) is 0 Å². The van der Waals surface area contributed by atoms with Crippen molar-refractivity contribution < 1.29 is 0 Å². The van der Waals surface area contributed by atoms with Gasteiger partial charge in [0.15, 0.2) is 0 Å². The molecule has 3 heteroatoms. The Morgan fingerprint density at radius 2 is 2.40 bits per heavy atom. The molecule has 0 bridgehead atoms. The zero-order chi connectivity index (χ0) is 10.7. The van der Waals surface area contributed by atoms with Gasteiger partial charge in [0.25, 0.3) is 0 Å². The van der Waals surface area contributed by atoms with Crippen molar-refractivity contribution >= 4 is 0 Å². The van der Waals surface area contributed by atoms with Gasteiger partial charge in [-0.3, -0.25) is 0 Å². The highest BCUT2D eigenvalue weighted by molar-refractivity contribution is 5.10. The predicted molar refractivity (Wildman–Crippen MR) is 61.8 cm³/mol. The largest absolute Gasteiger partial charge is 0.330 e. The molecule has 1 aliphatic carbocycles. The number of hydrogen-bond donors (Lipinski definition) is 1. The first-order valence-electron chi connectivity index (χ1n) is 6.08. The maximum Gasteiger partial charge on any atom is 0.0951 e. The van der Waals surface area contributed by atoms with Crippen LogP contribution in [0.1, 0.15) is 56.7 Å². The van der Waals surface area contributed by atoms with E-state index >= 15 is 0 Å². The molecule has 0 saturated heterocycles. The van der Waals surface area contributed by atoms with Crippen LogP contribution in [0.15, 0.2) is 12.5 Å². The third kappa shape index (κ3) is 2.07. The van der Waals surface area contributed by atoms with E-state index in [1.165, 1.54) is 31.4 Å². The zero-order valence-electron chi connectivity index (χ0n) is 9.52. The van der Waals surface area contributed by atoms with Gasteiger partial charge in [-0.2, -0.15) is 0 Å². The molecule has 1 aromatic rings. The molecular weight excluding hydrogens is 186 g/mol. The Kier molecular flexibility index (Phi) is 3.41. The number of nitrogens with zero attached hydrogens (tertiary/aromatic N) is 2. The second-order valence-electron chi connectivity index (χ2n) is 4.53. The van der Waals surface area contributed by atoms with E-state index in [0.717, 1.165) is 18.9 Å². The van der Waals surface area contributed by atoms with Gasteiger partial charge in [-0.1, -0.05) is 19.8 Å². The SMILES string of the molecule is CCCC(CN)n1cncc1C1CCC1. The quantitative estimate of drug-likeness (QED) is 0.806. The maximum absolute atomic E-state index is 5.83. The van der Waals surface area contributed by atoms with Gasteiger partial charge in [0.2, 0.25) is 0 Å². The molecule has 3 nitrogen and oxygen atoms in total. The highest BCUT2D eigenvalue weighted by atomic mass is 15.1. The molecule has 0 radical (unpaired) electrons. The molecule has 1 atom stereocenters. The van der Waals surface area contributed by atoms with Crippen LogP contribution in [-0.4, -0.2) is 16.1 Å². The van der Waals surface area contributed by atoms with Crippen LogP contribution in [0.3, 0.4) is 0 Å². The van der Waals surface area contributed by atoms with Gasteiger partial charge >= 0.3 is 0 Å². The topological polar surface area (TPSA) is 43.8 Å². The van der Waals surface area contributed by atoms with Gasteiger partial charge in [-0.05, 0) is 19.3 Å². The Labute approximate surface area is 91.7 Å². The first-order chi connectivity index (χ1) is 7.36. The van der Waals surface area contributed by atoms with Crippen molar-refractivity contribution in [3.63, 3.8) is 0 Å². The van der Waals surface area contributed by atoms with Crippen LogP contribution in [-0.2, 0) is 0 Å². The summed E-state index contributed by atoms with van der Waals surface area (Å²) in [6, 6.07) is 0.452. The molecule has 1 heterocycles. The summed E-state index contributed by atoms with van der Waals surface area (Å²) in [4.78, 5) is 4.28. The van der Waals surface area contributed by atoms with Gasteiger partial charge in [0.05, 0.1) is 6.33 Å². The molecule has 2 rings (SSSR count). The summed E-state index contributed by atoms with van der Waals surface area (Å²) in [6.45, 7) is 2.94. The summed E-state index contributed by atoms with van der Waals surface area (Å²) in [7, 11) is 0. The van der Waals surface area contributed by atoms with Gasteiger partial charge in [-0.25, -0.2) is 4.98 Å². The van der Waals surface area contributed by atoms with E-state index in [4.69, 9.17) is 5.73 Å². The maximum atomic E-state index is 5.83. The van der Waals surface area contributed by atoms with Crippen LogP contribution in [0.25, 0.3) is 0 Å². The van der Waals surface area contributed by atoms with Crippen molar-refractivity contribution in [1.29, 1.82) is 0 Å². The molecule has 84 valence electrons. The molecule has 0 amide bonds. The average Bonchev–Trinajstić information content (AvgIpc) is 2.60. The van der Waals surface area contributed by atoms with E-state index in [9.17, 15) is 0 Å². The molecule has 1 unspecified atom stereocenters. The van der Waals surface area contributed by atoms with Crippen LogP contribution in [0.2, 0.25) is 0 Å². The molecule has 0 aliphatic heterocycles. The third-order valence-electron chi connectivity index (χ3n) is 3.51. The molecule has 1 saturated carbocycles. The number of imidazole rings is 1. The molecule has 15 heavy (non-hydrogen) atoms. The third-order valence-corrected chi connectivity index (χ3v) is 3.51. The van der Waals surface area contributed by atoms with Crippen LogP contribution < -0.4 is 5.73 Å². The summed E-state index contributed by atoms with van der Waals surface area (Å²) < 4.78 is 2.31. The van der Waals surface area contributed by atoms with Crippen molar-refractivity contribution in [1.82, 2.24) is 9.55 Å². The highest BCUT2D eigenvalue weighted by Crippen LogP contribution is 2.37. The minimum atomic E-state index is 0.452. The van der Waals surface area contributed by atoms with Gasteiger partial charge in [0.1, 0.15) is 0 Å². The summed E-state index contributed by atoms with van der Waals surface area (Å²) in [6.07, 6.45) is 10.4. The Morgan fingerprint density at radius 3 is 2.93 bits per heavy atom. The number of aromatic nitrogens is 2. The van der Waals surface area contributed by atoms with E-state index in [2.05, 4.69) is 16.5 Å².